The summed E-state index contributed by atoms with van der Waals surface area (Å²) in [4.78, 5) is 1.21. The fraction of sp³-hybridized carbons (Fsp3) is 0.200. The monoisotopic (exact) mass is 228 g/mol. The zero-order chi connectivity index (χ0) is 11.7. The second-order valence-electron chi connectivity index (χ2n) is 4.20. The maximum absolute atomic E-state index is 3.90. The summed E-state index contributed by atoms with van der Waals surface area (Å²) in [5, 5.41) is 1.31. The van der Waals surface area contributed by atoms with E-state index < -0.39 is 0 Å². The quantitative estimate of drug-likeness (QED) is 0.667. The molecule has 0 radical (unpaired) electrons. The predicted molar refractivity (Wildman–Crippen MR) is 76.1 cm³/mol. The molecule has 0 unspecified atom stereocenters. The molecule has 1 heteroatoms. The van der Waals surface area contributed by atoms with Crippen molar-refractivity contribution in [3.8, 4) is 0 Å². The Labute approximate surface area is 101 Å². The van der Waals surface area contributed by atoms with Gasteiger partial charge in [-0.1, -0.05) is 45.2 Å². The van der Waals surface area contributed by atoms with Gasteiger partial charge in [0.15, 0.2) is 0 Å². The number of rotatable bonds is 3. The highest BCUT2D eigenvalue weighted by Gasteiger charge is 2.08. The topological polar surface area (TPSA) is 0 Å². The average molecular weight is 228 g/mol. The summed E-state index contributed by atoms with van der Waals surface area (Å²) in [5.41, 5.74) is 2.60. The van der Waals surface area contributed by atoms with Gasteiger partial charge in [0.1, 0.15) is 0 Å². The van der Waals surface area contributed by atoms with Gasteiger partial charge in [0.05, 0.1) is 0 Å². The number of fused-ring (bicyclic) bond motifs is 1. The van der Waals surface area contributed by atoms with Crippen molar-refractivity contribution >= 4 is 33.6 Å². The Balaban J connectivity index is 2.75. The molecule has 16 heavy (non-hydrogen) atoms. The minimum Gasteiger partial charge on any atom is -0.135 e. The van der Waals surface area contributed by atoms with Crippen LogP contribution in [0.3, 0.4) is 0 Å². The van der Waals surface area contributed by atoms with E-state index in [1.807, 2.05) is 12.2 Å². The van der Waals surface area contributed by atoms with Gasteiger partial charge in [-0.25, -0.2) is 0 Å². The van der Waals surface area contributed by atoms with Crippen LogP contribution in [-0.4, -0.2) is 0 Å². The van der Waals surface area contributed by atoms with Gasteiger partial charge >= 0.3 is 0 Å². The lowest BCUT2D eigenvalue weighted by Gasteiger charge is -2.05. The smallest absolute Gasteiger partial charge is 0.0355 e. The highest BCUT2D eigenvalue weighted by atomic mass is 32.1. The maximum atomic E-state index is 3.90. The molecule has 2 rings (SSSR count). The zero-order valence-electron chi connectivity index (χ0n) is 9.79. The Morgan fingerprint density at radius 2 is 1.94 bits per heavy atom. The number of hydrogen-bond donors (Lipinski definition) is 0. The van der Waals surface area contributed by atoms with Crippen LogP contribution in [-0.2, 0) is 0 Å². The van der Waals surface area contributed by atoms with Gasteiger partial charge in [0, 0.05) is 15.0 Å². The van der Waals surface area contributed by atoms with E-state index in [2.05, 4.69) is 45.2 Å². The molecule has 0 bridgehead atoms. The van der Waals surface area contributed by atoms with Crippen molar-refractivity contribution in [3.63, 3.8) is 0 Å². The molecular formula is C15H16S. The van der Waals surface area contributed by atoms with Crippen LogP contribution in [0.5, 0.6) is 0 Å². The third kappa shape index (κ3) is 1.72. The number of thiophene rings is 1. The van der Waals surface area contributed by atoms with Gasteiger partial charge in [0.25, 0.3) is 0 Å². The van der Waals surface area contributed by atoms with E-state index in [0.29, 0.717) is 5.92 Å². The first-order chi connectivity index (χ1) is 7.67. The Kier molecular flexibility index (Phi) is 2.97. The normalized spacial score (nSPS) is 10.9. The Bertz CT molecular complexity index is 544. The second-order valence-corrected chi connectivity index (χ2v) is 5.28. The second kappa shape index (κ2) is 4.26. The predicted octanol–water partition coefficient (Wildman–Crippen LogP) is 5.31. The van der Waals surface area contributed by atoms with E-state index in [4.69, 9.17) is 0 Å². The van der Waals surface area contributed by atoms with Crippen molar-refractivity contribution in [2.75, 3.05) is 0 Å². The Morgan fingerprint density at radius 1 is 1.19 bits per heavy atom. The van der Waals surface area contributed by atoms with Gasteiger partial charge in [-0.2, -0.15) is 0 Å². The summed E-state index contributed by atoms with van der Waals surface area (Å²) in [6, 6.07) is 6.69. The lowest BCUT2D eigenvalue weighted by atomic mass is 10.00. The lowest BCUT2D eigenvalue weighted by molar-refractivity contribution is 0.869. The largest absolute Gasteiger partial charge is 0.135 e. The molecule has 0 amide bonds. The van der Waals surface area contributed by atoms with Crippen LogP contribution in [0.4, 0.5) is 0 Å². The summed E-state index contributed by atoms with van der Waals surface area (Å²) in [6.45, 7) is 12.2. The molecule has 1 aromatic carbocycles. The number of hydrogen-bond acceptors (Lipinski definition) is 1. The third-order valence-corrected chi connectivity index (χ3v) is 4.02. The van der Waals surface area contributed by atoms with Gasteiger partial charge in [-0.05, 0) is 29.2 Å². The summed E-state index contributed by atoms with van der Waals surface area (Å²) in [6.07, 6.45) is 3.84. The van der Waals surface area contributed by atoms with Crippen molar-refractivity contribution in [1.29, 1.82) is 0 Å². The molecule has 0 aliphatic heterocycles. The fourth-order valence-electron chi connectivity index (χ4n) is 1.87. The van der Waals surface area contributed by atoms with Crippen LogP contribution in [0, 0.1) is 0 Å². The van der Waals surface area contributed by atoms with Crippen LogP contribution < -0.4 is 0 Å². The van der Waals surface area contributed by atoms with Crippen molar-refractivity contribution in [3.05, 3.63) is 47.4 Å². The minimum absolute atomic E-state index is 0.564. The Morgan fingerprint density at radius 3 is 2.50 bits per heavy atom. The first kappa shape index (κ1) is 11.2. The molecule has 0 aliphatic carbocycles. The SMILES string of the molecule is C=Cc1sc2ccc(C(C)C)cc2c1C=C. The Hall–Kier alpha value is -1.34. The van der Waals surface area contributed by atoms with Crippen LogP contribution >= 0.6 is 11.3 Å². The van der Waals surface area contributed by atoms with E-state index in [0.717, 1.165) is 0 Å². The summed E-state index contributed by atoms with van der Waals surface area (Å²) in [7, 11) is 0. The molecule has 0 saturated heterocycles. The number of benzene rings is 1. The molecule has 1 aromatic heterocycles. The summed E-state index contributed by atoms with van der Waals surface area (Å²) < 4.78 is 1.31. The molecular weight excluding hydrogens is 212 g/mol. The zero-order valence-corrected chi connectivity index (χ0v) is 10.6. The lowest BCUT2D eigenvalue weighted by Crippen LogP contribution is -1.85. The first-order valence-electron chi connectivity index (χ1n) is 5.48. The van der Waals surface area contributed by atoms with Gasteiger partial charge < -0.3 is 0 Å². The standard InChI is InChI=1S/C15H16S/c1-5-12-13-9-11(10(3)4)7-8-15(13)16-14(12)6-2/h5-10H,1-2H2,3-4H3. The van der Waals surface area contributed by atoms with Crippen LogP contribution in [0.25, 0.3) is 22.2 Å². The molecule has 0 nitrogen and oxygen atoms in total. The van der Waals surface area contributed by atoms with Crippen molar-refractivity contribution in [2.24, 2.45) is 0 Å². The molecule has 82 valence electrons. The van der Waals surface area contributed by atoms with Crippen LogP contribution in [0.1, 0.15) is 35.8 Å². The first-order valence-corrected chi connectivity index (χ1v) is 6.30. The molecule has 0 aliphatic rings. The fourth-order valence-corrected chi connectivity index (χ4v) is 2.91. The molecule has 0 spiro atoms. The molecule has 1 heterocycles. The van der Waals surface area contributed by atoms with Crippen molar-refractivity contribution in [2.45, 2.75) is 19.8 Å². The molecule has 0 N–H and O–H groups in total. The van der Waals surface area contributed by atoms with Crippen LogP contribution in [0.2, 0.25) is 0 Å². The average Bonchev–Trinajstić information content (AvgIpc) is 2.65. The van der Waals surface area contributed by atoms with Crippen molar-refractivity contribution in [1.82, 2.24) is 0 Å². The minimum atomic E-state index is 0.564. The highest BCUT2D eigenvalue weighted by Crippen LogP contribution is 2.34. The molecule has 0 fully saturated rings. The van der Waals surface area contributed by atoms with E-state index in [-0.39, 0.29) is 0 Å². The molecule has 0 saturated carbocycles. The van der Waals surface area contributed by atoms with Gasteiger partial charge in [-0.3, -0.25) is 0 Å². The summed E-state index contributed by atoms with van der Waals surface area (Å²) in [5.74, 6) is 0.564. The van der Waals surface area contributed by atoms with Crippen LogP contribution in [0.15, 0.2) is 31.4 Å². The van der Waals surface area contributed by atoms with Gasteiger partial charge in [0.2, 0.25) is 0 Å². The van der Waals surface area contributed by atoms with Gasteiger partial charge in [-0.15, -0.1) is 11.3 Å². The molecule has 0 atom stereocenters. The highest BCUT2D eigenvalue weighted by molar-refractivity contribution is 7.20. The van der Waals surface area contributed by atoms with E-state index >= 15 is 0 Å². The maximum Gasteiger partial charge on any atom is 0.0355 e. The third-order valence-electron chi connectivity index (χ3n) is 2.84. The summed E-state index contributed by atoms with van der Waals surface area (Å²) >= 11 is 1.78. The van der Waals surface area contributed by atoms with E-state index in [1.54, 1.807) is 11.3 Å². The van der Waals surface area contributed by atoms with E-state index in [9.17, 15) is 0 Å². The van der Waals surface area contributed by atoms with Crippen molar-refractivity contribution < 1.29 is 0 Å². The van der Waals surface area contributed by atoms with E-state index in [1.165, 1.54) is 26.1 Å². The molecule has 2 aromatic rings.